The zero-order valence-electron chi connectivity index (χ0n) is 20.0. The Morgan fingerprint density at radius 2 is 0.840 bits per heavy atom. The van der Waals surface area contributed by atoms with Gasteiger partial charge < -0.3 is 24.2 Å². The highest BCUT2D eigenvalue weighted by atomic mass is 32.2. The fourth-order valence-corrected chi connectivity index (χ4v) is 0. The van der Waals surface area contributed by atoms with E-state index in [2.05, 4.69) is 47.4 Å². The highest BCUT2D eigenvalue weighted by Gasteiger charge is 2.03. The van der Waals surface area contributed by atoms with Crippen molar-refractivity contribution in [3.63, 3.8) is 0 Å². The van der Waals surface area contributed by atoms with E-state index in [1.807, 2.05) is 0 Å². The second-order valence-corrected chi connectivity index (χ2v) is 19.8. The summed E-state index contributed by atoms with van der Waals surface area (Å²) in [7, 11) is -4.69. The molecule has 0 N–H and O–H groups in total. The predicted molar refractivity (Wildman–Crippen MR) is 126 cm³/mol. The van der Waals surface area contributed by atoms with Crippen LogP contribution in [-0.4, -0.2) is 73.4 Å². The summed E-state index contributed by atoms with van der Waals surface area (Å²) < 4.78 is 29.5. The van der Waals surface area contributed by atoms with Gasteiger partial charge in [0.2, 0.25) is 0 Å². The van der Waals surface area contributed by atoms with Crippen molar-refractivity contribution in [3.8, 4) is 0 Å². The van der Waals surface area contributed by atoms with Gasteiger partial charge in [-0.2, -0.15) is 0 Å². The molecule has 4 nitrogen and oxygen atoms in total. The molecule has 7 heteroatoms. The minimum atomic E-state index is -2.67. The molecular weight excluding hydrogens is 374 g/mol. The lowest BCUT2D eigenvalue weighted by molar-refractivity contribution is -0.115. The van der Waals surface area contributed by atoms with Crippen molar-refractivity contribution in [2.75, 3.05) is 59.2 Å². The molecule has 25 heavy (non-hydrogen) atoms. The maximum atomic E-state index is 10.2. The van der Waals surface area contributed by atoms with Crippen LogP contribution in [-0.2, 0) is 19.2 Å². The Labute approximate surface area is 162 Å². The van der Waals surface area contributed by atoms with Gasteiger partial charge in [0, 0.05) is 46.4 Å². The average Bonchev–Trinajstić information content (AvgIpc) is 1.85. The first kappa shape index (κ1) is 44.6. The molecule has 0 aromatic rings. The van der Waals surface area contributed by atoms with E-state index in [1.165, 1.54) is 13.8 Å². The number of rotatable bonds is 0. The quantitative estimate of drug-likeness (QED) is 0.377. The molecule has 0 saturated heterocycles. The molecule has 0 bridgehead atoms. The molecule has 0 fully saturated rings. The summed E-state index contributed by atoms with van der Waals surface area (Å²) in [6.45, 7) is 24.0. The molecule has 0 heterocycles. The molecule has 0 aliphatic heterocycles. The van der Waals surface area contributed by atoms with E-state index in [0.717, 1.165) is 18.4 Å². The van der Waals surface area contributed by atoms with Crippen molar-refractivity contribution in [2.45, 2.75) is 34.6 Å². The van der Waals surface area contributed by atoms with Gasteiger partial charge in [-0.1, -0.05) is 20.8 Å². The number of carbonyl (C=O) groups is 1. The third kappa shape index (κ3) is 154000. The molecule has 0 amide bonds. The van der Waals surface area contributed by atoms with Crippen molar-refractivity contribution < 1.29 is 17.8 Å². The number of hydrogen-bond donors (Lipinski definition) is 0. The predicted octanol–water partition coefficient (Wildman–Crippen LogP) is 5.58. The highest BCUT2D eigenvalue weighted by molar-refractivity contribution is 7.89. The van der Waals surface area contributed by atoms with Gasteiger partial charge in [-0.15, -0.1) is 0 Å². The Morgan fingerprint density at radius 1 is 0.840 bits per heavy atom. The van der Waals surface area contributed by atoms with Gasteiger partial charge in [-0.05, 0) is 39.8 Å². The fourth-order valence-electron chi connectivity index (χ4n) is 0. The van der Waals surface area contributed by atoms with Crippen LogP contribution in [0.3, 0.4) is 0 Å². The molecule has 0 radical (unpaired) electrons. The first-order valence-electron chi connectivity index (χ1n) is 7.40. The van der Waals surface area contributed by atoms with E-state index in [1.54, 1.807) is 20.0 Å². The van der Waals surface area contributed by atoms with E-state index in [4.69, 9.17) is 0 Å². The van der Waals surface area contributed by atoms with Crippen LogP contribution < -0.4 is 0 Å². The maximum Gasteiger partial charge on any atom is 0.144 e. The number of ketones is 1. The molecule has 0 saturated carbocycles. The molecule has 162 valence electrons. The molecule has 0 aliphatic carbocycles. The lowest BCUT2D eigenvalue weighted by Gasteiger charge is -1.97. The Morgan fingerprint density at radius 3 is 0.840 bits per heavy atom. The van der Waals surface area contributed by atoms with Crippen molar-refractivity contribution in [1.29, 1.82) is 0 Å². The lowest BCUT2D eigenvalue weighted by Crippen LogP contribution is -1.86. The van der Waals surface area contributed by atoms with E-state index < -0.39 is 17.0 Å². The normalized spacial score (nSPS) is 9.56. The summed E-state index contributed by atoms with van der Waals surface area (Å²) in [6.07, 6.45) is 2.32. The zero-order chi connectivity index (χ0) is 20.7. The number of hydrogen-bond acceptors (Lipinski definition) is 4. The zero-order valence-corrected chi connectivity index (χ0v) is 22.6. The van der Waals surface area contributed by atoms with E-state index in [-0.39, 0.29) is 27.9 Å². The van der Waals surface area contributed by atoms with Crippen LogP contribution in [0.2, 0.25) is 0 Å². The Hall–Kier alpha value is 0.280. The maximum absolute atomic E-state index is 10.2. The van der Waals surface area contributed by atoms with Crippen molar-refractivity contribution >= 4 is 30.0 Å². The molecule has 0 spiro atoms. The van der Waals surface area contributed by atoms with Gasteiger partial charge in [0.15, 0.2) is 0 Å². The van der Waals surface area contributed by atoms with Gasteiger partial charge in [0.05, 0.1) is 7.14 Å². The molecule has 0 rings (SSSR count). The van der Waals surface area contributed by atoms with Gasteiger partial charge >= 0.3 is 0 Å². The van der Waals surface area contributed by atoms with Gasteiger partial charge in [-0.25, -0.2) is 8.42 Å². The van der Waals surface area contributed by atoms with Crippen LogP contribution in [0.4, 0.5) is 0 Å². The lowest BCUT2D eigenvalue weighted by atomic mass is 10.3. The monoisotopic (exact) mass is 423 g/mol. The van der Waals surface area contributed by atoms with Crippen molar-refractivity contribution in [2.24, 2.45) is 5.92 Å². The smallest absolute Gasteiger partial charge is 0.144 e. The second kappa shape index (κ2) is 22.3. The van der Waals surface area contributed by atoms with E-state index >= 15 is 0 Å². The number of carbonyl (C=O) groups excluding carboxylic acids is 1. The highest BCUT2D eigenvalue weighted by Crippen LogP contribution is 2.40. The van der Waals surface area contributed by atoms with Gasteiger partial charge in [-0.3, -0.25) is 0 Å². The van der Waals surface area contributed by atoms with Crippen LogP contribution >= 0.6 is 14.4 Å². The summed E-state index contributed by atoms with van der Waals surface area (Å²) >= 11 is 0. The molecule has 0 aromatic heterocycles. The molecule has 0 unspecified atom stereocenters. The van der Waals surface area contributed by atoms with Gasteiger partial charge in [0.1, 0.15) is 15.6 Å². The largest absolute Gasteiger partial charge is 0.358 e. The fraction of sp³-hybridized carbons (Fsp3) is 0.833. The molecular formula is C18H49O4P2S-. The summed E-state index contributed by atoms with van der Waals surface area (Å²) in [5, 5.41) is 0. The average molecular weight is 424 g/mol. The summed E-state index contributed by atoms with van der Waals surface area (Å²) in [5.74, 6) is 1.00. The Bertz CT molecular complexity index is 374. The van der Waals surface area contributed by atoms with Crippen LogP contribution in [0.5, 0.6) is 0 Å². The topological polar surface area (TPSA) is 68.3 Å². The molecule has 0 aliphatic rings. The van der Waals surface area contributed by atoms with Gasteiger partial charge in [0.25, 0.3) is 0 Å². The summed E-state index contributed by atoms with van der Waals surface area (Å²) in [5.41, 5.74) is 0. The van der Waals surface area contributed by atoms with Crippen LogP contribution in [0, 0.1) is 20.8 Å². The Kier molecular flexibility index (Phi) is 39.8. The SMILES string of the molecule is CC(C)=O.CC(C)C.CP(C)(C)=O.CS(C)(=O)=O.C[P+](C)(C)C.[CH3-].[CH3-]. The van der Waals surface area contributed by atoms with E-state index in [9.17, 15) is 17.8 Å². The molecule has 0 atom stereocenters. The van der Waals surface area contributed by atoms with E-state index in [0.29, 0.717) is 0 Å². The van der Waals surface area contributed by atoms with Crippen molar-refractivity contribution in [1.82, 2.24) is 0 Å². The van der Waals surface area contributed by atoms with Crippen molar-refractivity contribution in [3.05, 3.63) is 14.9 Å². The molecule has 0 aromatic carbocycles. The van der Waals surface area contributed by atoms with Crippen LogP contribution in [0.1, 0.15) is 34.6 Å². The first-order valence-corrected chi connectivity index (χ1v) is 16.3. The van der Waals surface area contributed by atoms with Crippen LogP contribution in [0.15, 0.2) is 0 Å². The van der Waals surface area contributed by atoms with Crippen LogP contribution in [0.25, 0.3) is 0 Å². The Balaban J connectivity index is -0.0000000319. The first-order chi connectivity index (χ1) is 9.46. The number of Topliss-reactive ketones (excluding diaryl/α,β-unsaturated/α-hetero) is 1. The number of sulfone groups is 1. The summed E-state index contributed by atoms with van der Waals surface area (Å²) in [4.78, 5) is 9.44. The minimum Gasteiger partial charge on any atom is -0.358 e. The minimum absolute atomic E-state index is 0. The standard InChI is InChI=1S/C4H12P.C4H10.C3H9OP.C3H6O.C2H6O2S.2CH3/c1-5(2,3)4;1-4(2)3;1-5(2,3)4;1-3(2)4;1-5(2,3)4;;/h1-4H3;4H,1-3H3;1-3H3;1-2H3;1-2H3;2*1H3/q+1;;;;;2*-1. The summed E-state index contributed by atoms with van der Waals surface area (Å²) in [6, 6.07) is 0. The third-order valence-corrected chi connectivity index (χ3v) is 0. The third-order valence-electron chi connectivity index (χ3n) is 0. The second-order valence-electron chi connectivity index (χ2n) is 8.36.